The van der Waals surface area contributed by atoms with Gasteiger partial charge in [0.1, 0.15) is 5.00 Å². The number of amides is 1. The largest absolute Gasteiger partial charge is 0.462 e. The van der Waals surface area contributed by atoms with Crippen LogP contribution in [-0.2, 0) is 16.1 Å². The summed E-state index contributed by atoms with van der Waals surface area (Å²) >= 11 is 1.32. The molecule has 0 aliphatic carbocycles. The van der Waals surface area contributed by atoms with Gasteiger partial charge in [-0.3, -0.25) is 9.59 Å². The molecule has 2 aromatic heterocycles. The monoisotopic (exact) mass is 396 g/mol. The third-order valence-corrected chi connectivity index (χ3v) is 5.12. The number of aryl methyl sites for hydroxylation is 1. The molecular formula is C21H20N2O4S. The van der Waals surface area contributed by atoms with E-state index in [-0.39, 0.29) is 31.0 Å². The number of nitrogens with zero attached hydrogens (tertiary/aromatic N) is 1. The van der Waals surface area contributed by atoms with Crippen molar-refractivity contribution in [2.75, 3.05) is 11.9 Å². The zero-order valence-corrected chi connectivity index (χ0v) is 16.2. The summed E-state index contributed by atoms with van der Waals surface area (Å²) in [7, 11) is 0. The van der Waals surface area contributed by atoms with Crippen molar-refractivity contribution in [3.05, 3.63) is 76.7 Å². The Hall–Kier alpha value is -3.19. The lowest BCUT2D eigenvalue weighted by molar-refractivity contribution is -0.116. The average molecular weight is 396 g/mol. The van der Waals surface area contributed by atoms with Crippen LogP contribution in [0, 0.1) is 0 Å². The second-order valence-electron chi connectivity index (χ2n) is 5.97. The number of benzene rings is 1. The quantitative estimate of drug-likeness (QED) is 0.617. The highest BCUT2D eigenvalue weighted by Crippen LogP contribution is 2.36. The summed E-state index contributed by atoms with van der Waals surface area (Å²) in [4.78, 5) is 37.3. The predicted octanol–water partition coefficient (Wildman–Crippen LogP) is 3.78. The lowest BCUT2D eigenvalue weighted by atomic mass is 10.1. The number of rotatable bonds is 7. The number of ether oxygens (including phenoxy) is 1. The van der Waals surface area contributed by atoms with Gasteiger partial charge < -0.3 is 14.6 Å². The summed E-state index contributed by atoms with van der Waals surface area (Å²) in [6.45, 7) is 2.25. The first-order valence-electron chi connectivity index (χ1n) is 8.90. The Balaban J connectivity index is 1.78. The zero-order chi connectivity index (χ0) is 19.9. The lowest BCUT2D eigenvalue weighted by Crippen LogP contribution is -2.22. The Bertz CT molecular complexity index is 1020. The van der Waals surface area contributed by atoms with Crippen molar-refractivity contribution >= 4 is 28.2 Å². The Kier molecular flexibility index (Phi) is 6.39. The number of hydrogen-bond donors (Lipinski definition) is 1. The van der Waals surface area contributed by atoms with Gasteiger partial charge in [-0.15, -0.1) is 11.3 Å². The lowest BCUT2D eigenvalue weighted by Gasteiger charge is -2.07. The minimum absolute atomic E-state index is 0.116. The molecule has 6 nitrogen and oxygen atoms in total. The molecule has 0 radical (unpaired) electrons. The minimum atomic E-state index is -0.476. The summed E-state index contributed by atoms with van der Waals surface area (Å²) in [6, 6.07) is 16.2. The van der Waals surface area contributed by atoms with Crippen LogP contribution in [0.1, 0.15) is 23.7 Å². The number of esters is 1. The van der Waals surface area contributed by atoms with Gasteiger partial charge in [0.05, 0.1) is 12.2 Å². The Morgan fingerprint density at radius 1 is 1.11 bits per heavy atom. The summed E-state index contributed by atoms with van der Waals surface area (Å²) in [5.74, 6) is -0.752. The number of carbonyl (C=O) groups is 2. The molecule has 0 aliphatic rings. The number of aromatic nitrogens is 1. The van der Waals surface area contributed by atoms with Gasteiger partial charge in [0.2, 0.25) is 5.91 Å². The van der Waals surface area contributed by atoms with Crippen LogP contribution in [0.15, 0.2) is 65.6 Å². The van der Waals surface area contributed by atoms with Gasteiger partial charge in [0, 0.05) is 30.1 Å². The number of anilines is 1. The Morgan fingerprint density at radius 3 is 2.57 bits per heavy atom. The van der Waals surface area contributed by atoms with Crippen LogP contribution in [0.25, 0.3) is 10.4 Å². The first kappa shape index (κ1) is 19.6. The topological polar surface area (TPSA) is 77.4 Å². The first-order valence-corrected chi connectivity index (χ1v) is 9.72. The van der Waals surface area contributed by atoms with Crippen LogP contribution in [0.2, 0.25) is 0 Å². The standard InChI is InChI=1S/C21H20N2O4S/c1-2-27-21(26)16-14-17(15-8-4-3-5-9-15)28-20(16)22-18(24)11-13-23-12-7-6-10-19(23)25/h3-10,12,14H,2,11,13H2,1H3,(H,22,24). The van der Waals surface area contributed by atoms with Crippen LogP contribution in [-0.4, -0.2) is 23.1 Å². The van der Waals surface area contributed by atoms with E-state index in [1.54, 1.807) is 31.3 Å². The van der Waals surface area contributed by atoms with E-state index in [1.807, 2.05) is 30.3 Å². The van der Waals surface area contributed by atoms with Gasteiger partial charge >= 0.3 is 5.97 Å². The SMILES string of the molecule is CCOC(=O)c1cc(-c2ccccc2)sc1NC(=O)CCn1ccccc1=O. The van der Waals surface area contributed by atoms with Crippen molar-refractivity contribution in [1.29, 1.82) is 0 Å². The molecular weight excluding hydrogens is 376 g/mol. The van der Waals surface area contributed by atoms with E-state index in [9.17, 15) is 14.4 Å². The molecule has 2 heterocycles. The maximum Gasteiger partial charge on any atom is 0.341 e. The fourth-order valence-electron chi connectivity index (χ4n) is 2.65. The number of nitrogens with one attached hydrogen (secondary N) is 1. The second kappa shape index (κ2) is 9.14. The van der Waals surface area contributed by atoms with Crippen molar-refractivity contribution in [2.24, 2.45) is 0 Å². The molecule has 0 bridgehead atoms. The van der Waals surface area contributed by atoms with E-state index in [1.165, 1.54) is 22.0 Å². The molecule has 3 aromatic rings. The molecule has 3 rings (SSSR count). The van der Waals surface area contributed by atoms with Gasteiger partial charge in [0.25, 0.3) is 5.56 Å². The molecule has 0 fully saturated rings. The minimum Gasteiger partial charge on any atom is -0.462 e. The molecule has 0 saturated heterocycles. The van der Waals surface area contributed by atoms with E-state index in [4.69, 9.17) is 4.74 Å². The van der Waals surface area contributed by atoms with Gasteiger partial charge in [-0.2, -0.15) is 0 Å². The molecule has 0 unspecified atom stereocenters. The molecule has 7 heteroatoms. The van der Waals surface area contributed by atoms with Crippen molar-refractivity contribution in [2.45, 2.75) is 19.9 Å². The van der Waals surface area contributed by atoms with Gasteiger partial charge in [0.15, 0.2) is 0 Å². The molecule has 144 valence electrons. The van der Waals surface area contributed by atoms with Crippen LogP contribution >= 0.6 is 11.3 Å². The molecule has 0 spiro atoms. The molecule has 0 saturated carbocycles. The number of thiophene rings is 1. The summed E-state index contributed by atoms with van der Waals surface area (Å²) in [5.41, 5.74) is 1.12. The molecule has 1 aromatic carbocycles. The zero-order valence-electron chi connectivity index (χ0n) is 15.4. The number of pyridine rings is 1. The van der Waals surface area contributed by atoms with E-state index in [0.717, 1.165) is 10.4 Å². The number of carbonyl (C=O) groups excluding carboxylic acids is 2. The molecule has 1 N–H and O–H groups in total. The molecule has 1 amide bonds. The Morgan fingerprint density at radius 2 is 1.86 bits per heavy atom. The van der Waals surface area contributed by atoms with E-state index < -0.39 is 5.97 Å². The summed E-state index contributed by atoms with van der Waals surface area (Å²) in [5, 5.41) is 3.24. The first-order chi connectivity index (χ1) is 13.6. The Labute approximate surface area is 166 Å². The van der Waals surface area contributed by atoms with Crippen molar-refractivity contribution in [3.8, 4) is 10.4 Å². The third kappa shape index (κ3) is 4.75. The van der Waals surface area contributed by atoms with Crippen LogP contribution in [0.5, 0.6) is 0 Å². The predicted molar refractivity (Wildman–Crippen MR) is 110 cm³/mol. The molecule has 0 aliphatic heterocycles. The average Bonchev–Trinajstić information content (AvgIpc) is 3.12. The van der Waals surface area contributed by atoms with Gasteiger partial charge in [-0.25, -0.2) is 4.79 Å². The third-order valence-electron chi connectivity index (χ3n) is 4.02. The van der Waals surface area contributed by atoms with E-state index >= 15 is 0 Å². The van der Waals surface area contributed by atoms with Gasteiger partial charge in [-0.05, 0) is 24.6 Å². The van der Waals surface area contributed by atoms with Crippen molar-refractivity contribution < 1.29 is 14.3 Å². The van der Waals surface area contributed by atoms with Crippen molar-refractivity contribution in [3.63, 3.8) is 0 Å². The fraction of sp³-hybridized carbons (Fsp3) is 0.190. The maximum absolute atomic E-state index is 12.4. The molecule has 0 atom stereocenters. The highest BCUT2D eigenvalue weighted by molar-refractivity contribution is 7.20. The van der Waals surface area contributed by atoms with Crippen LogP contribution < -0.4 is 10.9 Å². The number of hydrogen-bond acceptors (Lipinski definition) is 5. The molecule has 28 heavy (non-hydrogen) atoms. The summed E-state index contributed by atoms with van der Waals surface area (Å²) in [6.07, 6.45) is 1.75. The summed E-state index contributed by atoms with van der Waals surface area (Å²) < 4.78 is 6.58. The van der Waals surface area contributed by atoms with Crippen molar-refractivity contribution in [1.82, 2.24) is 4.57 Å². The van der Waals surface area contributed by atoms with E-state index in [2.05, 4.69) is 5.32 Å². The highest BCUT2D eigenvalue weighted by Gasteiger charge is 2.19. The highest BCUT2D eigenvalue weighted by atomic mass is 32.1. The normalized spacial score (nSPS) is 10.5. The maximum atomic E-state index is 12.4. The van der Waals surface area contributed by atoms with E-state index in [0.29, 0.717) is 10.6 Å². The van der Waals surface area contributed by atoms with Crippen LogP contribution in [0.3, 0.4) is 0 Å². The smallest absolute Gasteiger partial charge is 0.341 e. The second-order valence-corrected chi connectivity index (χ2v) is 7.02. The van der Waals surface area contributed by atoms with Gasteiger partial charge in [-0.1, -0.05) is 36.4 Å². The van der Waals surface area contributed by atoms with Crippen LogP contribution in [0.4, 0.5) is 5.00 Å². The fourth-order valence-corrected chi connectivity index (χ4v) is 3.71.